The molecule has 0 aliphatic heterocycles. The lowest BCUT2D eigenvalue weighted by Gasteiger charge is -2.15. The molecule has 0 spiro atoms. The van der Waals surface area contributed by atoms with Gasteiger partial charge in [-0.25, -0.2) is 0 Å². The molecule has 2 N–H and O–H groups in total. The lowest BCUT2D eigenvalue weighted by atomic mass is 10.1. The fourth-order valence-corrected chi connectivity index (χ4v) is 1.86. The largest absolute Gasteiger partial charge is 0.493 e. The first-order chi connectivity index (χ1) is 8.72. The standard InChI is InChI=1S/C13H20ClNO3/c1-3-17-6-7-18-13-10(4-5-15)8-11(14)9-12(13)16-2/h8-9H,3-7,15H2,1-2H3. The van der Waals surface area contributed by atoms with Gasteiger partial charge >= 0.3 is 0 Å². The Morgan fingerprint density at radius 3 is 2.67 bits per heavy atom. The first-order valence-electron chi connectivity index (χ1n) is 6.00. The summed E-state index contributed by atoms with van der Waals surface area (Å²) in [6.07, 6.45) is 0.695. The number of rotatable bonds is 8. The van der Waals surface area contributed by atoms with Gasteiger partial charge in [0.2, 0.25) is 0 Å². The van der Waals surface area contributed by atoms with Crippen LogP contribution >= 0.6 is 11.6 Å². The van der Waals surface area contributed by atoms with Crippen molar-refractivity contribution < 1.29 is 14.2 Å². The fourth-order valence-electron chi connectivity index (χ4n) is 1.63. The molecule has 0 aliphatic carbocycles. The zero-order valence-corrected chi connectivity index (χ0v) is 11.6. The third kappa shape index (κ3) is 4.37. The van der Waals surface area contributed by atoms with Crippen LogP contribution in [0.3, 0.4) is 0 Å². The zero-order valence-electron chi connectivity index (χ0n) is 10.9. The monoisotopic (exact) mass is 273 g/mol. The van der Waals surface area contributed by atoms with Crippen LogP contribution in [-0.4, -0.2) is 33.5 Å². The van der Waals surface area contributed by atoms with Crippen molar-refractivity contribution in [3.63, 3.8) is 0 Å². The molecular formula is C13H20ClNO3. The summed E-state index contributed by atoms with van der Waals surface area (Å²) in [6, 6.07) is 3.59. The van der Waals surface area contributed by atoms with Crippen LogP contribution in [0.1, 0.15) is 12.5 Å². The van der Waals surface area contributed by atoms with Gasteiger partial charge in [0.05, 0.1) is 13.7 Å². The molecule has 0 heterocycles. The predicted octanol–water partition coefficient (Wildman–Crippen LogP) is 2.27. The van der Waals surface area contributed by atoms with Gasteiger partial charge in [0.25, 0.3) is 0 Å². The summed E-state index contributed by atoms with van der Waals surface area (Å²) in [6.45, 7) is 4.18. The van der Waals surface area contributed by atoms with E-state index in [0.717, 1.165) is 5.56 Å². The lowest BCUT2D eigenvalue weighted by Crippen LogP contribution is -2.10. The molecule has 0 saturated carbocycles. The van der Waals surface area contributed by atoms with E-state index in [-0.39, 0.29) is 0 Å². The highest BCUT2D eigenvalue weighted by molar-refractivity contribution is 6.30. The Morgan fingerprint density at radius 1 is 1.28 bits per heavy atom. The summed E-state index contributed by atoms with van der Waals surface area (Å²) in [5.41, 5.74) is 6.54. The first-order valence-corrected chi connectivity index (χ1v) is 6.37. The Morgan fingerprint density at radius 2 is 2.06 bits per heavy atom. The number of benzene rings is 1. The second-order valence-corrected chi connectivity index (χ2v) is 4.12. The van der Waals surface area contributed by atoms with Gasteiger partial charge < -0.3 is 19.9 Å². The molecule has 0 amide bonds. The van der Waals surface area contributed by atoms with Crippen LogP contribution in [0, 0.1) is 0 Å². The van der Waals surface area contributed by atoms with Gasteiger partial charge in [0, 0.05) is 23.3 Å². The van der Waals surface area contributed by atoms with Gasteiger partial charge in [-0.2, -0.15) is 0 Å². The Kier molecular flexibility index (Phi) is 6.86. The van der Waals surface area contributed by atoms with Crippen molar-refractivity contribution in [2.24, 2.45) is 5.73 Å². The molecule has 0 bridgehead atoms. The van der Waals surface area contributed by atoms with Crippen molar-refractivity contribution in [2.45, 2.75) is 13.3 Å². The van der Waals surface area contributed by atoms with Crippen LogP contribution in [-0.2, 0) is 11.2 Å². The van der Waals surface area contributed by atoms with E-state index in [1.54, 1.807) is 13.2 Å². The third-order valence-corrected chi connectivity index (χ3v) is 2.63. The van der Waals surface area contributed by atoms with Crippen LogP contribution in [0.4, 0.5) is 0 Å². The summed E-state index contributed by atoms with van der Waals surface area (Å²) in [7, 11) is 1.59. The first kappa shape index (κ1) is 15.1. The number of hydrogen-bond acceptors (Lipinski definition) is 4. The number of hydrogen-bond donors (Lipinski definition) is 1. The molecule has 0 aromatic heterocycles. The van der Waals surface area contributed by atoms with Crippen molar-refractivity contribution in [3.05, 3.63) is 22.7 Å². The minimum absolute atomic E-state index is 0.476. The van der Waals surface area contributed by atoms with E-state index < -0.39 is 0 Å². The van der Waals surface area contributed by atoms with Crippen molar-refractivity contribution in [2.75, 3.05) is 33.5 Å². The van der Waals surface area contributed by atoms with E-state index in [2.05, 4.69) is 0 Å². The van der Waals surface area contributed by atoms with Gasteiger partial charge in [-0.3, -0.25) is 0 Å². The smallest absolute Gasteiger partial charge is 0.164 e. The van der Waals surface area contributed by atoms with E-state index in [9.17, 15) is 0 Å². The maximum atomic E-state index is 6.02. The highest BCUT2D eigenvalue weighted by Crippen LogP contribution is 2.34. The molecule has 0 aliphatic rings. The van der Waals surface area contributed by atoms with Crippen molar-refractivity contribution >= 4 is 11.6 Å². The number of halogens is 1. The number of methoxy groups -OCH3 is 1. The molecule has 0 atom stereocenters. The normalized spacial score (nSPS) is 10.4. The lowest BCUT2D eigenvalue weighted by molar-refractivity contribution is 0.108. The Hall–Kier alpha value is -0.970. The second-order valence-electron chi connectivity index (χ2n) is 3.68. The van der Waals surface area contributed by atoms with Crippen LogP contribution in [0.2, 0.25) is 5.02 Å². The van der Waals surface area contributed by atoms with Crippen LogP contribution in [0.5, 0.6) is 11.5 Å². The molecule has 0 fully saturated rings. The molecule has 18 heavy (non-hydrogen) atoms. The topological polar surface area (TPSA) is 53.7 Å². The van der Waals surface area contributed by atoms with E-state index in [1.807, 2.05) is 13.0 Å². The highest BCUT2D eigenvalue weighted by atomic mass is 35.5. The summed E-state index contributed by atoms with van der Waals surface area (Å²) in [4.78, 5) is 0. The molecular weight excluding hydrogens is 254 g/mol. The molecule has 5 heteroatoms. The van der Waals surface area contributed by atoms with Crippen molar-refractivity contribution in [1.82, 2.24) is 0 Å². The van der Waals surface area contributed by atoms with Crippen molar-refractivity contribution in [3.8, 4) is 11.5 Å². The van der Waals surface area contributed by atoms with E-state index >= 15 is 0 Å². The minimum atomic E-state index is 0.476. The van der Waals surface area contributed by atoms with Gasteiger partial charge in [-0.1, -0.05) is 11.6 Å². The number of nitrogens with two attached hydrogens (primary N) is 1. The van der Waals surface area contributed by atoms with E-state index in [1.165, 1.54) is 0 Å². The van der Waals surface area contributed by atoms with Gasteiger partial charge in [0.15, 0.2) is 11.5 Å². The van der Waals surface area contributed by atoms with Crippen LogP contribution in [0.15, 0.2) is 12.1 Å². The average molecular weight is 274 g/mol. The highest BCUT2D eigenvalue weighted by Gasteiger charge is 2.12. The van der Waals surface area contributed by atoms with Crippen LogP contribution in [0.25, 0.3) is 0 Å². The SMILES string of the molecule is CCOCCOc1c(CCN)cc(Cl)cc1OC. The maximum Gasteiger partial charge on any atom is 0.164 e. The van der Waals surface area contributed by atoms with Gasteiger partial charge in [-0.05, 0) is 26.0 Å². The molecule has 1 aromatic carbocycles. The van der Waals surface area contributed by atoms with Gasteiger partial charge in [0.1, 0.15) is 6.61 Å². The Labute approximate surface area is 113 Å². The van der Waals surface area contributed by atoms with Crippen molar-refractivity contribution in [1.29, 1.82) is 0 Å². The van der Waals surface area contributed by atoms with E-state index in [4.69, 9.17) is 31.5 Å². The average Bonchev–Trinajstić information content (AvgIpc) is 2.36. The fraction of sp³-hybridized carbons (Fsp3) is 0.538. The summed E-state index contributed by atoms with van der Waals surface area (Å²) < 4.78 is 16.2. The van der Waals surface area contributed by atoms with Crippen LogP contribution < -0.4 is 15.2 Å². The van der Waals surface area contributed by atoms with Gasteiger partial charge in [-0.15, -0.1) is 0 Å². The zero-order chi connectivity index (χ0) is 13.4. The summed E-state index contributed by atoms with van der Waals surface area (Å²) in [5, 5.41) is 0.618. The quantitative estimate of drug-likeness (QED) is 0.738. The molecule has 102 valence electrons. The molecule has 0 saturated heterocycles. The molecule has 0 unspecified atom stereocenters. The second kappa shape index (κ2) is 8.19. The summed E-state index contributed by atoms with van der Waals surface area (Å²) >= 11 is 6.02. The number of ether oxygens (including phenoxy) is 3. The maximum absolute atomic E-state index is 6.02. The summed E-state index contributed by atoms with van der Waals surface area (Å²) in [5.74, 6) is 1.33. The Bertz CT molecular complexity index is 371. The minimum Gasteiger partial charge on any atom is -0.493 e. The molecule has 0 radical (unpaired) electrons. The molecule has 1 rings (SSSR count). The third-order valence-electron chi connectivity index (χ3n) is 2.41. The van der Waals surface area contributed by atoms with E-state index in [0.29, 0.717) is 49.3 Å². The molecule has 1 aromatic rings. The molecule has 4 nitrogen and oxygen atoms in total. The predicted molar refractivity (Wildman–Crippen MR) is 72.8 cm³/mol. The Balaban J connectivity index is 2.83.